The number of pyridine rings is 1. The first-order valence-corrected chi connectivity index (χ1v) is 9.16. The lowest BCUT2D eigenvalue weighted by Gasteiger charge is -2.20. The normalized spacial score (nSPS) is 12.1. The van der Waals surface area contributed by atoms with E-state index >= 15 is 0 Å². The average molecular weight is 413 g/mol. The molecule has 5 nitrogen and oxygen atoms in total. The number of phenolic OH excluding ortho intramolecular Hbond substituents is 1. The number of fused-ring (bicyclic) bond motifs is 1. The second-order valence-electron chi connectivity index (χ2n) is 6.12. The van der Waals surface area contributed by atoms with E-state index in [4.69, 9.17) is 27.6 Å². The summed E-state index contributed by atoms with van der Waals surface area (Å²) in [4.78, 5) is 17.0. The van der Waals surface area contributed by atoms with Crippen LogP contribution in [0.4, 0.5) is 0 Å². The number of furan rings is 1. The van der Waals surface area contributed by atoms with Crippen molar-refractivity contribution in [3.63, 3.8) is 0 Å². The van der Waals surface area contributed by atoms with Gasteiger partial charge in [-0.05, 0) is 54.6 Å². The van der Waals surface area contributed by atoms with E-state index in [9.17, 15) is 9.90 Å². The van der Waals surface area contributed by atoms with Gasteiger partial charge in [-0.1, -0.05) is 23.2 Å². The molecule has 1 atom stereocenters. The largest absolute Gasteiger partial charge is 0.505 e. The Kier molecular flexibility index (Phi) is 4.94. The molecule has 2 aromatic carbocycles. The van der Waals surface area contributed by atoms with E-state index in [2.05, 4.69) is 10.3 Å². The summed E-state index contributed by atoms with van der Waals surface area (Å²) in [5.74, 6) is 0.0245. The zero-order valence-corrected chi connectivity index (χ0v) is 15.9. The van der Waals surface area contributed by atoms with E-state index in [1.165, 1.54) is 6.26 Å². The number of hydrogen-bond acceptors (Lipinski definition) is 4. The SMILES string of the molecule is O=C(NC(c1ccco1)c1cc(Cl)c2cccnc2c1O)c1ccc(Cl)cc1. The van der Waals surface area contributed by atoms with E-state index in [1.807, 2.05) is 0 Å². The van der Waals surface area contributed by atoms with Crippen LogP contribution in [-0.4, -0.2) is 16.0 Å². The standard InChI is InChI=1S/C21H14Cl2N2O3/c22-13-7-5-12(6-8-13)21(27)25-18(17-4-2-10-28-17)15-11-16(23)14-3-1-9-24-19(14)20(15)26/h1-11,18,26H,(H,25,27). The fourth-order valence-corrected chi connectivity index (χ4v) is 3.40. The molecule has 4 aromatic rings. The summed E-state index contributed by atoms with van der Waals surface area (Å²) in [7, 11) is 0. The van der Waals surface area contributed by atoms with Crippen LogP contribution in [0.5, 0.6) is 5.75 Å². The highest BCUT2D eigenvalue weighted by molar-refractivity contribution is 6.35. The van der Waals surface area contributed by atoms with Crippen LogP contribution < -0.4 is 5.32 Å². The number of amides is 1. The van der Waals surface area contributed by atoms with Crippen LogP contribution in [0, 0.1) is 0 Å². The van der Waals surface area contributed by atoms with Crippen molar-refractivity contribution < 1.29 is 14.3 Å². The zero-order chi connectivity index (χ0) is 19.7. The first kappa shape index (κ1) is 18.3. The van der Waals surface area contributed by atoms with Crippen molar-refractivity contribution in [1.29, 1.82) is 0 Å². The van der Waals surface area contributed by atoms with Gasteiger partial charge < -0.3 is 14.8 Å². The summed E-state index contributed by atoms with van der Waals surface area (Å²) in [6.07, 6.45) is 3.06. The highest BCUT2D eigenvalue weighted by Gasteiger charge is 2.25. The fourth-order valence-electron chi connectivity index (χ4n) is 3.00. The van der Waals surface area contributed by atoms with Crippen molar-refractivity contribution in [2.75, 3.05) is 0 Å². The van der Waals surface area contributed by atoms with Gasteiger partial charge in [-0.25, -0.2) is 0 Å². The summed E-state index contributed by atoms with van der Waals surface area (Å²) >= 11 is 12.3. The Balaban J connectivity index is 1.80. The predicted molar refractivity (Wildman–Crippen MR) is 108 cm³/mol. The number of halogens is 2. The molecular weight excluding hydrogens is 399 g/mol. The third-order valence-electron chi connectivity index (χ3n) is 4.37. The maximum atomic E-state index is 12.8. The Morgan fingerprint density at radius 1 is 1.11 bits per heavy atom. The van der Waals surface area contributed by atoms with Gasteiger partial charge in [0, 0.05) is 27.7 Å². The van der Waals surface area contributed by atoms with E-state index in [0.29, 0.717) is 37.8 Å². The van der Waals surface area contributed by atoms with Crippen molar-refractivity contribution in [3.8, 4) is 5.75 Å². The van der Waals surface area contributed by atoms with Crippen molar-refractivity contribution in [1.82, 2.24) is 10.3 Å². The van der Waals surface area contributed by atoms with Crippen molar-refractivity contribution in [3.05, 3.63) is 94.0 Å². The van der Waals surface area contributed by atoms with Crippen LogP contribution in [0.1, 0.15) is 27.7 Å². The summed E-state index contributed by atoms with van der Waals surface area (Å²) in [5.41, 5.74) is 1.15. The molecule has 0 radical (unpaired) electrons. The third-order valence-corrected chi connectivity index (χ3v) is 4.93. The maximum Gasteiger partial charge on any atom is 0.252 e. The predicted octanol–water partition coefficient (Wildman–Crippen LogP) is 5.36. The van der Waals surface area contributed by atoms with Gasteiger partial charge >= 0.3 is 0 Å². The monoisotopic (exact) mass is 412 g/mol. The molecule has 140 valence electrons. The molecule has 28 heavy (non-hydrogen) atoms. The van der Waals surface area contributed by atoms with Gasteiger partial charge in [-0.15, -0.1) is 0 Å². The molecular formula is C21H14Cl2N2O3. The lowest BCUT2D eigenvalue weighted by molar-refractivity contribution is 0.0938. The lowest BCUT2D eigenvalue weighted by atomic mass is 10.00. The lowest BCUT2D eigenvalue weighted by Crippen LogP contribution is -2.29. The fraction of sp³-hybridized carbons (Fsp3) is 0.0476. The number of aromatic nitrogens is 1. The Labute approximate surface area is 170 Å². The number of nitrogens with one attached hydrogen (secondary N) is 1. The summed E-state index contributed by atoms with van der Waals surface area (Å²) in [5, 5.41) is 15.3. The molecule has 0 fully saturated rings. The van der Waals surface area contributed by atoms with E-state index in [-0.39, 0.29) is 11.7 Å². The first-order chi connectivity index (χ1) is 13.5. The van der Waals surface area contributed by atoms with Crippen LogP contribution in [0.15, 0.2) is 71.5 Å². The third kappa shape index (κ3) is 3.42. The number of rotatable bonds is 4. The Bertz CT molecular complexity index is 1140. The minimum atomic E-state index is -0.762. The molecule has 0 aliphatic rings. The molecule has 1 amide bonds. The molecule has 0 saturated heterocycles. The van der Waals surface area contributed by atoms with Gasteiger partial charge in [0.05, 0.1) is 11.3 Å². The first-order valence-electron chi connectivity index (χ1n) is 8.40. The molecule has 4 rings (SSSR count). The number of carbonyl (C=O) groups is 1. The summed E-state index contributed by atoms with van der Waals surface area (Å²) in [6, 6.07) is 14.3. The zero-order valence-electron chi connectivity index (χ0n) is 14.4. The van der Waals surface area contributed by atoms with E-state index in [1.54, 1.807) is 60.8 Å². The molecule has 0 aliphatic carbocycles. The van der Waals surface area contributed by atoms with Crippen molar-refractivity contribution in [2.24, 2.45) is 0 Å². The van der Waals surface area contributed by atoms with Crippen LogP contribution in [0.3, 0.4) is 0 Å². The second kappa shape index (κ2) is 7.54. The van der Waals surface area contributed by atoms with Crippen molar-refractivity contribution >= 4 is 40.0 Å². The van der Waals surface area contributed by atoms with Gasteiger partial charge in [-0.3, -0.25) is 9.78 Å². The average Bonchev–Trinajstić information content (AvgIpc) is 3.24. The van der Waals surface area contributed by atoms with Crippen LogP contribution in [0.2, 0.25) is 10.0 Å². The van der Waals surface area contributed by atoms with Crippen molar-refractivity contribution in [2.45, 2.75) is 6.04 Å². The molecule has 7 heteroatoms. The smallest absolute Gasteiger partial charge is 0.252 e. The molecule has 2 aromatic heterocycles. The molecule has 2 N–H and O–H groups in total. The molecule has 0 bridgehead atoms. The van der Waals surface area contributed by atoms with E-state index in [0.717, 1.165) is 0 Å². The molecule has 0 aliphatic heterocycles. The minimum Gasteiger partial charge on any atom is -0.505 e. The Morgan fingerprint density at radius 2 is 1.89 bits per heavy atom. The molecule has 0 spiro atoms. The number of aromatic hydroxyl groups is 1. The number of carbonyl (C=O) groups excluding carboxylic acids is 1. The Hall–Kier alpha value is -3.02. The van der Waals surface area contributed by atoms with Crippen LogP contribution in [-0.2, 0) is 0 Å². The summed E-state index contributed by atoms with van der Waals surface area (Å²) < 4.78 is 5.50. The van der Waals surface area contributed by atoms with Gasteiger partial charge in [0.2, 0.25) is 0 Å². The molecule has 0 saturated carbocycles. The number of hydrogen-bond donors (Lipinski definition) is 2. The van der Waals surface area contributed by atoms with Gasteiger partial charge in [0.15, 0.2) is 0 Å². The highest BCUT2D eigenvalue weighted by atomic mass is 35.5. The maximum absolute atomic E-state index is 12.8. The number of phenols is 1. The number of nitrogens with zero attached hydrogens (tertiary/aromatic N) is 1. The van der Waals surface area contributed by atoms with Crippen LogP contribution >= 0.6 is 23.2 Å². The topological polar surface area (TPSA) is 75.4 Å². The second-order valence-corrected chi connectivity index (χ2v) is 6.97. The van der Waals surface area contributed by atoms with E-state index < -0.39 is 6.04 Å². The van der Waals surface area contributed by atoms with Crippen LogP contribution in [0.25, 0.3) is 10.9 Å². The van der Waals surface area contributed by atoms with Gasteiger partial charge in [0.25, 0.3) is 5.91 Å². The highest BCUT2D eigenvalue weighted by Crippen LogP contribution is 2.38. The minimum absolute atomic E-state index is 0.0715. The quantitative estimate of drug-likeness (QED) is 0.472. The number of benzene rings is 2. The Morgan fingerprint density at radius 3 is 2.61 bits per heavy atom. The molecule has 1 unspecified atom stereocenters. The van der Waals surface area contributed by atoms with Gasteiger partial charge in [0.1, 0.15) is 23.1 Å². The molecule has 2 heterocycles. The van der Waals surface area contributed by atoms with Gasteiger partial charge in [-0.2, -0.15) is 0 Å². The summed E-state index contributed by atoms with van der Waals surface area (Å²) in [6.45, 7) is 0.